The molecule has 1 aliphatic heterocycles. The van der Waals surface area contributed by atoms with E-state index in [2.05, 4.69) is 12.2 Å². The van der Waals surface area contributed by atoms with E-state index in [9.17, 15) is 4.79 Å². The molecule has 23 heavy (non-hydrogen) atoms. The van der Waals surface area contributed by atoms with Gasteiger partial charge in [-0.2, -0.15) is 0 Å². The molecule has 0 aromatic heterocycles. The van der Waals surface area contributed by atoms with Crippen LogP contribution >= 0.6 is 0 Å². The summed E-state index contributed by atoms with van der Waals surface area (Å²) in [6, 6.07) is 16.0. The number of unbranched alkanes of at least 4 members (excludes halogenated alkanes) is 1. The third-order valence-corrected chi connectivity index (χ3v) is 3.99. The minimum absolute atomic E-state index is 0.128. The predicted molar refractivity (Wildman–Crippen MR) is 93.2 cm³/mol. The Morgan fingerprint density at radius 3 is 2.70 bits per heavy atom. The van der Waals surface area contributed by atoms with Crippen LogP contribution in [0.5, 0.6) is 5.75 Å². The highest BCUT2D eigenvalue weighted by molar-refractivity contribution is 6.02. The molecule has 0 spiro atoms. The molecule has 1 aliphatic rings. The first kappa shape index (κ1) is 15.4. The Hall–Kier alpha value is -2.49. The number of nitrogens with zero attached hydrogens (tertiary/aromatic N) is 1. The zero-order valence-corrected chi connectivity index (χ0v) is 13.4. The van der Waals surface area contributed by atoms with Gasteiger partial charge in [-0.3, -0.25) is 4.79 Å². The van der Waals surface area contributed by atoms with Gasteiger partial charge in [0.15, 0.2) is 0 Å². The molecule has 2 aromatic rings. The second-order valence-electron chi connectivity index (χ2n) is 5.78. The summed E-state index contributed by atoms with van der Waals surface area (Å²) in [6.45, 7) is 3.84. The van der Waals surface area contributed by atoms with Crippen LogP contribution in [-0.2, 0) is 4.79 Å². The van der Waals surface area contributed by atoms with E-state index in [0.29, 0.717) is 13.2 Å². The molecule has 0 saturated heterocycles. The maximum Gasteiger partial charge on any atom is 0.246 e. The maximum atomic E-state index is 12.1. The fourth-order valence-corrected chi connectivity index (χ4v) is 2.70. The number of fused-ring (bicyclic) bond motifs is 1. The minimum atomic E-state index is 0.128. The SMILES string of the molecule is Cc1ccc(OCCCCN2C(=O)CNc3ccccc32)cc1. The van der Waals surface area contributed by atoms with Crippen molar-refractivity contribution in [2.45, 2.75) is 19.8 Å². The van der Waals surface area contributed by atoms with E-state index in [-0.39, 0.29) is 5.91 Å². The Bertz CT molecular complexity index is 667. The summed E-state index contributed by atoms with van der Waals surface area (Å²) < 4.78 is 5.73. The van der Waals surface area contributed by atoms with E-state index >= 15 is 0 Å². The monoisotopic (exact) mass is 310 g/mol. The number of carbonyl (C=O) groups excluding carboxylic acids is 1. The number of ether oxygens (including phenoxy) is 1. The van der Waals surface area contributed by atoms with Crippen LogP contribution in [0.1, 0.15) is 18.4 Å². The molecule has 0 radical (unpaired) electrons. The summed E-state index contributed by atoms with van der Waals surface area (Å²) in [6.07, 6.45) is 1.85. The van der Waals surface area contributed by atoms with Gasteiger partial charge in [0.05, 0.1) is 24.5 Å². The van der Waals surface area contributed by atoms with Gasteiger partial charge in [-0.05, 0) is 44.0 Å². The molecule has 0 saturated carbocycles. The normalized spacial score (nSPS) is 13.4. The van der Waals surface area contributed by atoms with Crippen molar-refractivity contribution in [3.8, 4) is 5.75 Å². The quantitative estimate of drug-likeness (QED) is 0.829. The van der Waals surface area contributed by atoms with Crippen LogP contribution in [0.4, 0.5) is 11.4 Å². The maximum absolute atomic E-state index is 12.1. The van der Waals surface area contributed by atoms with Crippen LogP contribution < -0.4 is 15.0 Å². The first-order chi connectivity index (χ1) is 11.2. The number of anilines is 2. The number of carbonyl (C=O) groups is 1. The lowest BCUT2D eigenvalue weighted by molar-refractivity contribution is -0.117. The molecule has 0 fully saturated rings. The summed E-state index contributed by atoms with van der Waals surface area (Å²) in [5.74, 6) is 1.03. The Kier molecular flexibility index (Phi) is 4.81. The summed E-state index contributed by atoms with van der Waals surface area (Å²) >= 11 is 0. The van der Waals surface area contributed by atoms with Crippen molar-refractivity contribution >= 4 is 17.3 Å². The number of benzene rings is 2. The van der Waals surface area contributed by atoms with Gasteiger partial charge in [-0.25, -0.2) is 0 Å². The van der Waals surface area contributed by atoms with Crippen LogP contribution in [0.3, 0.4) is 0 Å². The highest BCUT2D eigenvalue weighted by atomic mass is 16.5. The number of aryl methyl sites for hydroxylation is 1. The van der Waals surface area contributed by atoms with Crippen LogP contribution in [0.25, 0.3) is 0 Å². The van der Waals surface area contributed by atoms with Gasteiger partial charge in [0, 0.05) is 6.54 Å². The van der Waals surface area contributed by atoms with E-state index in [0.717, 1.165) is 36.5 Å². The number of amides is 1. The van der Waals surface area contributed by atoms with Gasteiger partial charge < -0.3 is 15.0 Å². The Morgan fingerprint density at radius 1 is 1.09 bits per heavy atom. The molecule has 1 amide bonds. The number of para-hydroxylation sites is 2. The third kappa shape index (κ3) is 3.83. The lowest BCUT2D eigenvalue weighted by Crippen LogP contribution is -2.40. The van der Waals surface area contributed by atoms with Crippen LogP contribution in [0, 0.1) is 6.92 Å². The number of hydrogen-bond donors (Lipinski definition) is 1. The molecule has 0 aliphatic carbocycles. The highest BCUT2D eigenvalue weighted by Gasteiger charge is 2.22. The van der Waals surface area contributed by atoms with Crippen molar-refractivity contribution in [3.63, 3.8) is 0 Å². The topological polar surface area (TPSA) is 41.6 Å². The van der Waals surface area contributed by atoms with Gasteiger partial charge in [0.1, 0.15) is 5.75 Å². The number of rotatable bonds is 6. The minimum Gasteiger partial charge on any atom is -0.494 e. The lowest BCUT2D eigenvalue weighted by atomic mass is 10.1. The molecule has 2 aromatic carbocycles. The molecule has 120 valence electrons. The van der Waals surface area contributed by atoms with E-state index < -0.39 is 0 Å². The average Bonchev–Trinajstić information content (AvgIpc) is 2.58. The summed E-state index contributed by atoms with van der Waals surface area (Å²) in [5.41, 5.74) is 3.24. The Labute approximate surface area is 137 Å². The van der Waals surface area contributed by atoms with Crippen LogP contribution in [0.15, 0.2) is 48.5 Å². The number of nitrogens with one attached hydrogen (secondary N) is 1. The van der Waals surface area contributed by atoms with Crippen molar-refractivity contribution in [2.75, 3.05) is 29.9 Å². The number of hydrogen-bond acceptors (Lipinski definition) is 3. The first-order valence-electron chi connectivity index (χ1n) is 8.07. The van der Waals surface area contributed by atoms with Gasteiger partial charge in [-0.1, -0.05) is 29.8 Å². The predicted octanol–water partition coefficient (Wildman–Crippen LogP) is 3.61. The van der Waals surface area contributed by atoms with E-state index in [1.165, 1.54) is 5.56 Å². The van der Waals surface area contributed by atoms with Crippen molar-refractivity contribution in [1.29, 1.82) is 0 Å². The van der Waals surface area contributed by atoms with Crippen molar-refractivity contribution in [3.05, 3.63) is 54.1 Å². The summed E-state index contributed by atoms with van der Waals surface area (Å²) in [7, 11) is 0. The lowest BCUT2D eigenvalue weighted by Gasteiger charge is -2.30. The molecule has 1 heterocycles. The molecule has 0 unspecified atom stereocenters. The molecular formula is C19H22N2O2. The third-order valence-electron chi connectivity index (χ3n) is 3.99. The van der Waals surface area contributed by atoms with Gasteiger partial charge in [0.25, 0.3) is 0 Å². The molecule has 1 N–H and O–H groups in total. The van der Waals surface area contributed by atoms with Gasteiger partial charge in [-0.15, -0.1) is 0 Å². The second-order valence-corrected chi connectivity index (χ2v) is 5.78. The molecule has 4 nitrogen and oxygen atoms in total. The standard InChI is InChI=1S/C19H22N2O2/c1-15-8-10-16(11-9-15)23-13-5-4-12-21-18-7-3-2-6-17(18)20-14-19(21)22/h2-3,6-11,20H,4-5,12-14H2,1H3. The van der Waals surface area contributed by atoms with E-state index in [1.54, 1.807) is 0 Å². The highest BCUT2D eigenvalue weighted by Crippen LogP contribution is 2.29. The molecule has 3 rings (SSSR count). The van der Waals surface area contributed by atoms with Crippen LogP contribution in [0.2, 0.25) is 0 Å². The average molecular weight is 310 g/mol. The summed E-state index contributed by atoms with van der Waals surface area (Å²) in [4.78, 5) is 14.0. The smallest absolute Gasteiger partial charge is 0.246 e. The zero-order chi connectivity index (χ0) is 16.1. The zero-order valence-electron chi connectivity index (χ0n) is 13.4. The van der Waals surface area contributed by atoms with Crippen molar-refractivity contribution < 1.29 is 9.53 Å². The van der Waals surface area contributed by atoms with Crippen molar-refractivity contribution in [2.24, 2.45) is 0 Å². The molecule has 4 heteroatoms. The Morgan fingerprint density at radius 2 is 1.87 bits per heavy atom. The van der Waals surface area contributed by atoms with Gasteiger partial charge in [0.2, 0.25) is 5.91 Å². The fraction of sp³-hybridized carbons (Fsp3) is 0.316. The van der Waals surface area contributed by atoms with Gasteiger partial charge >= 0.3 is 0 Å². The molecule has 0 atom stereocenters. The first-order valence-corrected chi connectivity index (χ1v) is 8.07. The van der Waals surface area contributed by atoms with E-state index in [4.69, 9.17) is 4.74 Å². The van der Waals surface area contributed by atoms with Crippen LogP contribution in [-0.4, -0.2) is 25.6 Å². The summed E-state index contributed by atoms with van der Waals surface area (Å²) in [5, 5.41) is 3.15. The second kappa shape index (κ2) is 7.18. The largest absolute Gasteiger partial charge is 0.494 e. The van der Waals surface area contributed by atoms with E-state index in [1.807, 2.05) is 53.4 Å². The molecule has 0 bridgehead atoms. The Balaban J connectivity index is 1.47. The molecular weight excluding hydrogens is 288 g/mol. The van der Waals surface area contributed by atoms with Crippen molar-refractivity contribution in [1.82, 2.24) is 0 Å². The fourth-order valence-electron chi connectivity index (χ4n) is 2.70.